The Morgan fingerprint density at radius 1 is 0.838 bits per heavy atom. The Morgan fingerprint density at radius 2 is 1.65 bits per heavy atom. The van der Waals surface area contributed by atoms with Crippen LogP contribution in [-0.4, -0.2) is 46.4 Å². The van der Waals surface area contributed by atoms with Crippen LogP contribution in [0, 0.1) is 6.92 Å². The molecule has 6 rings (SSSR count). The van der Waals surface area contributed by atoms with Gasteiger partial charge in [0.1, 0.15) is 0 Å². The molecule has 2 fully saturated rings. The SMILES string of the molecule is Cc1nnc(-c2ccc(N3CCC[C@H](N[C@@H]4CCCC[C@H]4Nc4ncc(-c5ccccc5)o4)C3)cc2)o1. The maximum atomic E-state index is 6.06. The lowest BCUT2D eigenvalue weighted by molar-refractivity contribution is 0.290. The van der Waals surface area contributed by atoms with E-state index in [2.05, 4.69) is 55.0 Å². The molecule has 2 aromatic carbocycles. The van der Waals surface area contributed by atoms with E-state index in [1.54, 1.807) is 0 Å². The van der Waals surface area contributed by atoms with Crippen molar-refractivity contribution in [2.24, 2.45) is 0 Å². The molecule has 0 bridgehead atoms. The Balaban J connectivity index is 1.08. The highest BCUT2D eigenvalue weighted by molar-refractivity contribution is 5.59. The predicted molar refractivity (Wildman–Crippen MR) is 144 cm³/mol. The molecule has 0 radical (unpaired) electrons. The highest BCUT2D eigenvalue weighted by Gasteiger charge is 2.30. The van der Waals surface area contributed by atoms with Gasteiger partial charge in [0.2, 0.25) is 11.8 Å². The molecular formula is C29H34N6O2. The molecule has 37 heavy (non-hydrogen) atoms. The van der Waals surface area contributed by atoms with Crippen LogP contribution in [0.2, 0.25) is 0 Å². The second-order valence-corrected chi connectivity index (χ2v) is 10.2. The molecule has 2 N–H and O–H groups in total. The quantitative estimate of drug-likeness (QED) is 0.336. The first-order valence-corrected chi connectivity index (χ1v) is 13.4. The number of anilines is 2. The van der Waals surface area contributed by atoms with Crippen molar-refractivity contribution in [1.82, 2.24) is 20.5 Å². The summed E-state index contributed by atoms with van der Waals surface area (Å²) in [4.78, 5) is 7.00. The monoisotopic (exact) mass is 498 g/mol. The Hall–Kier alpha value is -3.65. The zero-order valence-corrected chi connectivity index (χ0v) is 21.3. The topological polar surface area (TPSA) is 92.2 Å². The van der Waals surface area contributed by atoms with E-state index in [1.165, 1.54) is 37.8 Å². The lowest BCUT2D eigenvalue weighted by Gasteiger charge is -2.40. The van der Waals surface area contributed by atoms with Gasteiger partial charge in [0.15, 0.2) is 5.76 Å². The summed E-state index contributed by atoms with van der Waals surface area (Å²) in [7, 11) is 0. The van der Waals surface area contributed by atoms with Crippen LogP contribution >= 0.6 is 0 Å². The van der Waals surface area contributed by atoms with Crippen LogP contribution in [0.3, 0.4) is 0 Å². The van der Waals surface area contributed by atoms with E-state index < -0.39 is 0 Å². The van der Waals surface area contributed by atoms with E-state index in [4.69, 9.17) is 8.83 Å². The van der Waals surface area contributed by atoms with Crippen LogP contribution in [0.15, 0.2) is 69.6 Å². The molecule has 0 amide bonds. The van der Waals surface area contributed by atoms with Gasteiger partial charge in [-0.1, -0.05) is 43.2 Å². The summed E-state index contributed by atoms with van der Waals surface area (Å²) in [5.41, 5.74) is 3.23. The minimum Gasteiger partial charge on any atom is -0.424 e. The Kier molecular flexibility index (Phi) is 6.90. The number of hydrogen-bond donors (Lipinski definition) is 2. The van der Waals surface area contributed by atoms with Crippen LogP contribution in [0.4, 0.5) is 11.7 Å². The van der Waals surface area contributed by atoms with E-state index in [0.29, 0.717) is 35.9 Å². The van der Waals surface area contributed by atoms with Gasteiger partial charge in [0.25, 0.3) is 6.01 Å². The van der Waals surface area contributed by atoms with E-state index in [1.807, 2.05) is 43.5 Å². The standard InChI is InChI=1S/C29H34N6O2/c1-20-33-34-28(36-20)22-13-15-24(16-14-22)35-17-7-10-23(19-35)31-25-11-5-6-12-26(25)32-29-30-18-27(37-29)21-8-3-2-4-9-21/h2-4,8-9,13-16,18,23,25-26,31H,5-7,10-12,17,19H2,1H3,(H,30,32)/t23-,25+,26+/m0/s1. The molecule has 2 aliphatic rings. The number of nitrogens with one attached hydrogen (secondary N) is 2. The summed E-state index contributed by atoms with van der Waals surface area (Å²) in [6.07, 6.45) is 8.94. The highest BCUT2D eigenvalue weighted by atomic mass is 16.4. The Bertz CT molecular complexity index is 1290. The predicted octanol–water partition coefficient (Wildman–Crippen LogP) is 5.68. The number of oxazole rings is 1. The van der Waals surface area contributed by atoms with E-state index in [9.17, 15) is 0 Å². The summed E-state index contributed by atoms with van der Waals surface area (Å²) >= 11 is 0. The molecule has 2 aromatic heterocycles. The molecule has 1 saturated heterocycles. The van der Waals surface area contributed by atoms with E-state index >= 15 is 0 Å². The first kappa shape index (κ1) is 23.7. The third-order valence-electron chi connectivity index (χ3n) is 7.52. The van der Waals surface area contributed by atoms with Gasteiger partial charge in [-0.05, 0) is 49.9 Å². The second kappa shape index (κ2) is 10.8. The van der Waals surface area contributed by atoms with Crippen molar-refractivity contribution in [2.75, 3.05) is 23.3 Å². The molecule has 1 aliphatic heterocycles. The van der Waals surface area contributed by atoms with Gasteiger partial charge in [-0.3, -0.25) is 0 Å². The van der Waals surface area contributed by atoms with Gasteiger partial charge in [0.05, 0.1) is 6.20 Å². The van der Waals surface area contributed by atoms with Crippen LogP contribution in [-0.2, 0) is 0 Å². The maximum Gasteiger partial charge on any atom is 0.295 e. The molecule has 3 atom stereocenters. The summed E-state index contributed by atoms with van der Waals surface area (Å²) in [5.74, 6) is 1.95. The van der Waals surface area contributed by atoms with Crippen molar-refractivity contribution in [3.63, 3.8) is 0 Å². The number of hydrogen-bond acceptors (Lipinski definition) is 8. The summed E-state index contributed by atoms with van der Waals surface area (Å²) in [6.45, 7) is 3.88. The second-order valence-electron chi connectivity index (χ2n) is 10.2. The number of benzene rings is 2. The van der Waals surface area contributed by atoms with Gasteiger partial charge < -0.3 is 24.4 Å². The third-order valence-corrected chi connectivity index (χ3v) is 7.52. The van der Waals surface area contributed by atoms with Crippen molar-refractivity contribution in [2.45, 2.75) is 63.6 Å². The van der Waals surface area contributed by atoms with Crippen molar-refractivity contribution < 1.29 is 8.83 Å². The number of rotatable bonds is 7. The van der Waals surface area contributed by atoms with Crippen molar-refractivity contribution >= 4 is 11.7 Å². The van der Waals surface area contributed by atoms with Crippen LogP contribution in [0.1, 0.15) is 44.4 Å². The summed E-state index contributed by atoms with van der Waals surface area (Å²) in [6, 6.07) is 20.4. The van der Waals surface area contributed by atoms with Crippen molar-refractivity contribution in [3.05, 3.63) is 66.7 Å². The van der Waals surface area contributed by atoms with Crippen molar-refractivity contribution in [1.29, 1.82) is 0 Å². The zero-order chi connectivity index (χ0) is 25.0. The lowest BCUT2D eigenvalue weighted by Crippen LogP contribution is -2.54. The van der Waals surface area contributed by atoms with Gasteiger partial charge in [0, 0.05) is 55.0 Å². The molecular weight excluding hydrogens is 464 g/mol. The van der Waals surface area contributed by atoms with Crippen molar-refractivity contribution in [3.8, 4) is 22.8 Å². The van der Waals surface area contributed by atoms with Gasteiger partial charge in [-0.2, -0.15) is 0 Å². The van der Waals surface area contributed by atoms with E-state index in [0.717, 1.165) is 36.4 Å². The molecule has 0 unspecified atom stereocenters. The molecule has 1 aliphatic carbocycles. The van der Waals surface area contributed by atoms with Gasteiger partial charge in [-0.15, -0.1) is 10.2 Å². The molecule has 8 heteroatoms. The van der Waals surface area contributed by atoms with E-state index in [-0.39, 0.29) is 0 Å². The first-order valence-electron chi connectivity index (χ1n) is 13.4. The highest BCUT2D eigenvalue weighted by Crippen LogP contribution is 2.28. The largest absolute Gasteiger partial charge is 0.424 e. The minimum absolute atomic E-state index is 0.309. The molecule has 3 heterocycles. The fourth-order valence-electron chi connectivity index (χ4n) is 5.62. The number of aryl methyl sites for hydroxylation is 1. The molecule has 192 valence electrons. The maximum absolute atomic E-state index is 6.06. The zero-order valence-electron chi connectivity index (χ0n) is 21.3. The Morgan fingerprint density at radius 3 is 2.43 bits per heavy atom. The summed E-state index contributed by atoms with van der Waals surface area (Å²) < 4.78 is 11.6. The average molecular weight is 499 g/mol. The number of aromatic nitrogens is 3. The van der Waals surface area contributed by atoms with Gasteiger partial charge in [-0.25, -0.2) is 4.98 Å². The average Bonchev–Trinajstić information content (AvgIpc) is 3.60. The van der Waals surface area contributed by atoms with Crippen LogP contribution in [0.5, 0.6) is 0 Å². The smallest absolute Gasteiger partial charge is 0.295 e. The first-order chi connectivity index (χ1) is 18.2. The molecule has 8 nitrogen and oxygen atoms in total. The molecule has 1 saturated carbocycles. The van der Waals surface area contributed by atoms with Crippen LogP contribution < -0.4 is 15.5 Å². The van der Waals surface area contributed by atoms with Gasteiger partial charge >= 0.3 is 0 Å². The normalized spacial score (nSPS) is 22.2. The third kappa shape index (κ3) is 5.54. The number of nitrogens with zero attached hydrogens (tertiary/aromatic N) is 4. The van der Waals surface area contributed by atoms with Crippen LogP contribution in [0.25, 0.3) is 22.8 Å². The number of piperidine rings is 1. The molecule has 4 aromatic rings. The fraction of sp³-hybridized carbons (Fsp3) is 0.414. The fourth-order valence-corrected chi connectivity index (χ4v) is 5.62. The molecule has 0 spiro atoms. The minimum atomic E-state index is 0.309. The summed E-state index contributed by atoms with van der Waals surface area (Å²) in [5, 5.41) is 15.7. The lowest BCUT2D eigenvalue weighted by atomic mass is 9.89. The Labute approximate surface area is 217 Å².